The van der Waals surface area contributed by atoms with Gasteiger partial charge in [-0.3, -0.25) is 4.79 Å². The van der Waals surface area contributed by atoms with E-state index in [2.05, 4.69) is 17.9 Å². The monoisotopic (exact) mass is 229 g/mol. The van der Waals surface area contributed by atoms with E-state index >= 15 is 0 Å². The van der Waals surface area contributed by atoms with Crippen LogP contribution in [0.15, 0.2) is 0 Å². The largest absolute Gasteiger partial charge is 0.376 e. The second kappa shape index (κ2) is 4.34. The Balaban J connectivity index is 1.77. The molecular formula is C11H19NO2S. The summed E-state index contributed by atoms with van der Waals surface area (Å²) in [5.74, 6) is 1.00. The molecule has 0 bridgehead atoms. The zero-order valence-corrected chi connectivity index (χ0v) is 10.1. The fraction of sp³-hybridized carbons (Fsp3) is 0.909. The van der Waals surface area contributed by atoms with Crippen molar-refractivity contribution in [1.29, 1.82) is 0 Å². The Kier molecular flexibility index (Phi) is 3.26. The van der Waals surface area contributed by atoms with Crippen LogP contribution in [0.4, 0.5) is 0 Å². The van der Waals surface area contributed by atoms with Crippen LogP contribution < -0.4 is 5.32 Å². The molecule has 15 heavy (non-hydrogen) atoms. The van der Waals surface area contributed by atoms with Gasteiger partial charge in [-0.05, 0) is 37.4 Å². The molecule has 1 heterocycles. The summed E-state index contributed by atoms with van der Waals surface area (Å²) >= 11 is 4.30. The van der Waals surface area contributed by atoms with Crippen LogP contribution in [0.2, 0.25) is 0 Å². The van der Waals surface area contributed by atoms with Crippen molar-refractivity contribution in [2.75, 3.05) is 12.4 Å². The van der Waals surface area contributed by atoms with Crippen molar-refractivity contribution in [2.24, 2.45) is 5.41 Å². The first-order valence-corrected chi connectivity index (χ1v) is 6.30. The van der Waals surface area contributed by atoms with Gasteiger partial charge >= 0.3 is 0 Å². The highest BCUT2D eigenvalue weighted by Gasteiger charge is 2.43. The Hall–Kier alpha value is -0.220. The van der Waals surface area contributed by atoms with Crippen molar-refractivity contribution in [2.45, 2.75) is 44.8 Å². The lowest BCUT2D eigenvalue weighted by Crippen LogP contribution is -2.40. The van der Waals surface area contributed by atoms with Crippen LogP contribution in [0, 0.1) is 5.41 Å². The number of rotatable bonds is 4. The molecule has 2 unspecified atom stereocenters. The van der Waals surface area contributed by atoms with Crippen LogP contribution >= 0.6 is 12.6 Å². The maximum Gasteiger partial charge on any atom is 0.220 e. The van der Waals surface area contributed by atoms with Gasteiger partial charge in [-0.25, -0.2) is 0 Å². The molecule has 0 radical (unpaired) electrons. The van der Waals surface area contributed by atoms with Gasteiger partial charge in [0.2, 0.25) is 5.91 Å². The molecule has 0 aromatic carbocycles. The summed E-state index contributed by atoms with van der Waals surface area (Å²) in [5.41, 5.74) is 0.218. The van der Waals surface area contributed by atoms with Gasteiger partial charge in [-0.1, -0.05) is 0 Å². The van der Waals surface area contributed by atoms with E-state index in [4.69, 9.17) is 4.74 Å². The third-order valence-electron chi connectivity index (χ3n) is 3.55. The lowest BCUT2D eigenvalue weighted by atomic mass is 10.0. The quantitative estimate of drug-likeness (QED) is 0.715. The zero-order chi connectivity index (χ0) is 10.9. The fourth-order valence-electron chi connectivity index (χ4n) is 2.09. The molecule has 0 spiro atoms. The molecule has 0 aromatic heterocycles. The summed E-state index contributed by atoms with van der Waals surface area (Å²) in [4.78, 5) is 11.8. The van der Waals surface area contributed by atoms with Gasteiger partial charge in [0, 0.05) is 13.0 Å². The molecule has 1 amide bonds. The minimum atomic E-state index is 0.167. The molecule has 1 N–H and O–H groups in total. The van der Waals surface area contributed by atoms with Gasteiger partial charge in [-0.2, -0.15) is 12.6 Å². The molecule has 1 aliphatic carbocycles. The van der Waals surface area contributed by atoms with Crippen LogP contribution in [0.1, 0.15) is 32.6 Å². The average Bonchev–Trinajstić information content (AvgIpc) is 2.86. The Morgan fingerprint density at radius 2 is 2.33 bits per heavy atom. The van der Waals surface area contributed by atoms with Crippen molar-refractivity contribution in [3.8, 4) is 0 Å². The highest BCUT2D eigenvalue weighted by molar-refractivity contribution is 7.80. The first-order valence-electron chi connectivity index (χ1n) is 5.67. The number of ether oxygens (including phenoxy) is 1. The van der Waals surface area contributed by atoms with E-state index in [1.54, 1.807) is 0 Å². The summed E-state index contributed by atoms with van der Waals surface area (Å²) < 4.78 is 5.41. The molecule has 1 aliphatic heterocycles. The number of carbonyl (C=O) groups is 1. The molecule has 1 saturated heterocycles. The summed E-state index contributed by atoms with van der Waals surface area (Å²) in [5, 5.41) is 3.06. The van der Waals surface area contributed by atoms with Crippen molar-refractivity contribution in [1.82, 2.24) is 5.32 Å². The van der Waals surface area contributed by atoms with Crippen molar-refractivity contribution in [3.05, 3.63) is 0 Å². The molecule has 3 nitrogen and oxygen atoms in total. The number of carbonyl (C=O) groups excluding carboxylic acids is 1. The van der Waals surface area contributed by atoms with Gasteiger partial charge < -0.3 is 10.1 Å². The minimum Gasteiger partial charge on any atom is -0.376 e. The zero-order valence-electron chi connectivity index (χ0n) is 9.16. The molecule has 86 valence electrons. The first-order chi connectivity index (χ1) is 7.15. The van der Waals surface area contributed by atoms with Gasteiger partial charge in [0.25, 0.3) is 0 Å². The van der Waals surface area contributed by atoms with Gasteiger partial charge in [-0.15, -0.1) is 0 Å². The first kappa shape index (κ1) is 11.3. The third kappa shape index (κ3) is 2.67. The Morgan fingerprint density at radius 1 is 1.60 bits per heavy atom. The van der Waals surface area contributed by atoms with Gasteiger partial charge in [0.05, 0.1) is 12.1 Å². The Bertz CT molecular complexity index is 253. The molecule has 0 aromatic rings. The highest BCUT2D eigenvalue weighted by atomic mass is 32.1. The van der Waals surface area contributed by atoms with Crippen molar-refractivity contribution >= 4 is 18.5 Å². The average molecular weight is 229 g/mol. The maximum atomic E-state index is 11.8. The summed E-state index contributed by atoms with van der Waals surface area (Å²) in [7, 11) is 0. The normalized spacial score (nSPS) is 32.7. The summed E-state index contributed by atoms with van der Waals surface area (Å²) in [6.07, 6.45) is 4.06. The van der Waals surface area contributed by atoms with Gasteiger partial charge in [0.15, 0.2) is 0 Å². The second-order valence-electron chi connectivity index (χ2n) is 4.87. The lowest BCUT2D eigenvalue weighted by Gasteiger charge is -2.18. The summed E-state index contributed by atoms with van der Waals surface area (Å²) in [6, 6.07) is 0.216. The molecule has 1 saturated carbocycles. The van der Waals surface area contributed by atoms with E-state index in [9.17, 15) is 4.79 Å². The summed E-state index contributed by atoms with van der Waals surface area (Å²) in [6.45, 7) is 2.78. The SMILES string of the molecule is CC1OCCC1NC(=O)CC1(CS)CC1. The highest BCUT2D eigenvalue weighted by Crippen LogP contribution is 2.49. The predicted octanol–water partition coefficient (Wildman–Crippen LogP) is 1.38. The number of nitrogens with one attached hydrogen (secondary N) is 1. The maximum absolute atomic E-state index is 11.8. The van der Waals surface area contributed by atoms with Crippen LogP contribution in [0.3, 0.4) is 0 Å². The minimum absolute atomic E-state index is 0.167. The van der Waals surface area contributed by atoms with Crippen LogP contribution in [-0.4, -0.2) is 30.4 Å². The van der Waals surface area contributed by atoms with Crippen molar-refractivity contribution in [3.63, 3.8) is 0 Å². The van der Waals surface area contributed by atoms with Crippen LogP contribution in [0.5, 0.6) is 0 Å². The van der Waals surface area contributed by atoms with E-state index in [-0.39, 0.29) is 23.5 Å². The fourth-order valence-corrected chi connectivity index (χ4v) is 2.52. The predicted molar refractivity (Wildman–Crippen MR) is 62.1 cm³/mol. The molecule has 4 heteroatoms. The molecule has 2 rings (SSSR count). The third-order valence-corrected chi connectivity index (χ3v) is 4.22. The smallest absolute Gasteiger partial charge is 0.220 e. The van der Waals surface area contributed by atoms with E-state index in [1.807, 2.05) is 6.92 Å². The van der Waals surface area contributed by atoms with Crippen LogP contribution in [0.25, 0.3) is 0 Å². The standard InChI is InChI=1S/C11H19NO2S/c1-8-9(2-5-14-8)12-10(13)6-11(7-15)3-4-11/h8-9,15H,2-7H2,1H3,(H,12,13). The van der Waals surface area contributed by atoms with Crippen LogP contribution in [-0.2, 0) is 9.53 Å². The number of hydrogen-bond acceptors (Lipinski definition) is 3. The molecular weight excluding hydrogens is 210 g/mol. The molecule has 2 atom stereocenters. The Morgan fingerprint density at radius 3 is 2.80 bits per heavy atom. The topological polar surface area (TPSA) is 38.3 Å². The molecule has 2 aliphatic rings. The second-order valence-corrected chi connectivity index (χ2v) is 5.19. The molecule has 2 fully saturated rings. The van der Waals surface area contributed by atoms with Gasteiger partial charge in [0.1, 0.15) is 0 Å². The number of thiol groups is 1. The number of hydrogen-bond donors (Lipinski definition) is 2. The Labute approximate surface area is 96.4 Å². The van der Waals surface area contributed by atoms with E-state index < -0.39 is 0 Å². The van der Waals surface area contributed by atoms with Crippen molar-refractivity contribution < 1.29 is 9.53 Å². The van der Waals surface area contributed by atoms with E-state index in [1.165, 1.54) is 0 Å². The number of amides is 1. The lowest BCUT2D eigenvalue weighted by molar-refractivity contribution is -0.123. The van der Waals surface area contributed by atoms with E-state index in [0.717, 1.165) is 31.6 Å². The van der Waals surface area contributed by atoms with E-state index in [0.29, 0.717) is 6.42 Å².